The number of para-hydroxylation sites is 1. The molecule has 0 radical (unpaired) electrons. The van der Waals surface area contributed by atoms with Crippen LogP contribution >= 0.6 is 0 Å². The van der Waals surface area contributed by atoms with Crippen molar-refractivity contribution in [3.8, 4) is 5.75 Å². The highest BCUT2D eigenvalue weighted by Crippen LogP contribution is 2.44. The van der Waals surface area contributed by atoms with Crippen LogP contribution in [0.25, 0.3) is 5.57 Å². The molecule has 3 aromatic carbocycles. The molecule has 0 aliphatic carbocycles. The molecule has 0 saturated heterocycles. The number of carbonyl (C=O) groups excluding carboxylic acids is 2. The number of hydrogen-bond acceptors (Lipinski definition) is 5. The van der Waals surface area contributed by atoms with E-state index in [9.17, 15) is 14.7 Å². The predicted molar refractivity (Wildman–Crippen MR) is 120 cm³/mol. The average molecular weight is 429 g/mol. The Bertz CT molecular complexity index is 1170. The topological polar surface area (TPSA) is 76.1 Å². The lowest BCUT2D eigenvalue weighted by molar-refractivity contribution is -0.130. The lowest BCUT2D eigenvalue weighted by Gasteiger charge is -2.28. The quantitative estimate of drug-likeness (QED) is 0.583. The molecule has 0 spiro atoms. The van der Waals surface area contributed by atoms with E-state index < -0.39 is 17.9 Å². The highest BCUT2D eigenvalue weighted by atomic mass is 16.5. The number of aliphatic hydroxyl groups excluding tert-OH is 1. The predicted octanol–water partition coefficient (Wildman–Crippen LogP) is 4.53. The van der Waals surface area contributed by atoms with E-state index in [1.54, 1.807) is 36.3 Å². The fourth-order valence-corrected chi connectivity index (χ4v) is 4.01. The Balaban J connectivity index is 1.80. The Labute approximate surface area is 186 Å². The Kier molecular flexibility index (Phi) is 5.94. The SMILES string of the molecule is COC(=O)c1ccc([C@@H]2C(c3ccccc3)=C(O)C(=O)N2Cc2ccccc2OC)cc1. The maximum atomic E-state index is 13.2. The standard InChI is InChI=1S/C26H23NO5/c1-31-21-11-7-6-10-20(21)16-27-23(18-12-14-19(15-13-18)26(30)32-2)22(24(28)25(27)29)17-8-4-3-5-9-17/h3-15,23,28H,16H2,1-2H3/t23-/m1/s1. The first-order chi connectivity index (χ1) is 15.5. The smallest absolute Gasteiger partial charge is 0.337 e. The second-order valence-electron chi connectivity index (χ2n) is 7.39. The van der Waals surface area contributed by atoms with Gasteiger partial charge in [-0.25, -0.2) is 4.79 Å². The van der Waals surface area contributed by atoms with Gasteiger partial charge in [0.15, 0.2) is 5.76 Å². The first kappa shape index (κ1) is 21.2. The largest absolute Gasteiger partial charge is 0.503 e. The first-order valence-electron chi connectivity index (χ1n) is 10.1. The maximum absolute atomic E-state index is 13.2. The molecule has 162 valence electrons. The summed E-state index contributed by atoms with van der Waals surface area (Å²) in [5.41, 5.74) is 3.27. The molecule has 4 rings (SSSR count). The monoisotopic (exact) mass is 429 g/mol. The number of carbonyl (C=O) groups is 2. The number of methoxy groups -OCH3 is 2. The van der Waals surface area contributed by atoms with Crippen molar-refractivity contribution in [2.24, 2.45) is 0 Å². The van der Waals surface area contributed by atoms with Crippen molar-refractivity contribution < 1.29 is 24.2 Å². The molecule has 1 N–H and O–H groups in total. The maximum Gasteiger partial charge on any atom is 0.337 e. The number of esters is 1. The Hall–Kier alpha value is -4.06. The average Bonchev–Trinajstić information content (AvgIpc) is 3.09. The summed E-state index contributed by atoms with van der Waals surface area (Å²) >= 11 is 0. The van der Waals surface area contributed by atoms with Crippen molar-refractivity contribution in [2.75, 3.05) is 14.2 Å². The molecule has 3 aromatic rings. The second-order valence-corrected chi connectivity index (χ2v) is 7.39. The summed E-state index contributed by atoms with van der Waals surface area (Å²) in [6.45, 7) is 0.243. The normalized spacial score (nSPS) is 15.8. The number of nitrogens with zero attached hydrogens (tertiary/aromatic N) is 1. The number of amides is 1. The van der Waals surface area contributed by atoms with Crippen LogP contribution in [0.4, 0.5) is 0 Å². The molecule has 1 heterocycles. The summed E-state index contributed by atoms with van der Waals surface area (Å²) in [6, 6.07) is 23.1. The van der Waals surface area contributed by atoms with Gasteiger partial charge in [0.05, 0.1) is 32.4 Å². The zero-order valence-electron chi connectivity index (χ0n) is 17.8. The van der Waals surface area contributed by atoms with Crippen LogP contribution in [0.2, 0.25) is 0 Å². The minimum atomic E-state index is -0.540. The third-order valence-electron chi connectivity index (χ3n) is 5.57. The van der Waals surface area contributed by atoms with Gasteiger partial charge in [0.1, 0.15) is 5.75 Å². The third kappa shape index (κ3) is 3.83. The van der Waals surface area contributed by atoms with Crippen LogP contribution in [-0.4, -0.2) is 36.1 Å². The summed E-state index contributed by atoms with van der Waals surface area (Å²) in [5.74, 6) is -0.524. The van der Waals surface area contributed by atoms with Crippen LogP contribution in [-0.2, 0) is 16.1 Å². The molecule has 1 amide bonds. The molecule has 1 aliphatic rings. The molecule has 0 bridgehead atoms. The van der Waals surface area contributed by atoms with E-state index in [1.165, 1.54) is 7.11 Å². The van der Waals surface area contributed by atoms with Crippen molar-refractivity contribution in [1.82, 2.24) is 4.90 Å². The van der Waals surface area contributed by atoms with Gasteiger partial charge in [0.25, 0.3) is 5.91 Å². The molecule has 0 fully saturated rings. The van der Waals surface area contributed by atoms with Gasteiger partial charge in [-0.2, -0.15) is 0 Å². The molecule has 0 unspecified atom stereocenters. The minimum absolute atomic E-state index is 0.243. The summed E-state index contributed by atoms with van der Waals surface area (Å²) in [7, 11) is 2.91. The van der Waals surface area contributed by atoms with Gasteiger partial charge in [0, 0.05) is 11.1 Å². The molecule has 6 nitrogen and oxygen atoms in total. The van der Waals surface area contributed by atoms with Crippen LogP contribution in [0.3, 0.4) is 0 Å². The molecule has 0 saturated carbocycles. The lowest BCUT2D eigenvalue weighted by Crippen LogP contribution is -2.30. The molecule has 1 aliphatic heterocycles. The van der Waals surface area contributed by atoms with Gasteiger partial charge in [-0.05, 0) is 29.3 Å². The number of benzene rings is 3. The van der Waals surface area contributed by atoms with E-state index in [2.05, 4.69) is 0 Å². The summed E-state index contributed by atoms with van der Waals surface area (Å²) in [4.78, 5) is 26.7. The van der Waals surface area contributed by atoms with Gasteiger partial charge < -0.3 is 19.5 Å². The number of rotatable bonds is 6. The van der Waals surface area contributed by atoms with Crippen LogP contribution in [0.1, 0.15) is 33.1 Å². The van der Waals surface area contributed by atoms with Crippen molar-refractivity contribution in [1.29, 1.82) is 0 Å². The van der Waals surface area contributed by atoms with Crippen molar-refractivity contribution in [2.45, 2.75) is 12.6 Å². The molecule has 32 heavy (non-hydrogen) atoms. The minimum Gasteiger partial charge on any atom is -0.503 e. The van der Waals surface area contributed by atoms with Gasteiger partial charge in [0.2, 0.25) is 0 Å². The van der Waals surface area contributed by atoms with Crippen LogP contribution < -0.4 is 4.74 Å². The lowest BCUT2D eigenvalue weighted by atomic mass is 9.93. The van der Waals surface area contributed by atoms with Gasteiger partial charge in [-0.1, -0.05) is 60.7 Å². The Morgan fingerprint density at radius 2 is 1.59 bits per heavy atom. The number of aliphatic hydroxyl groups is 1. The van der Waals surface area contributed by atoms with E-state index in [1.807, 2.05) is 54.6 Å². The molecular weight excluding hydrogens is 406 g/mol. The van der Waals surface area contributed by atoms with Gasteiger partial charge in [-0.3, -0.25) is 4.79 Å². The fourth-order valence-electron chi connectivity index (χ4n) is 4.01. The van der Waals surface area contributed by atoms with Gasteiger partial charge >= 0.3 is 5.97 Å². The highest BCUT2D eigenvalue weighted by molar-refractivity contribution is 6.05. The third-order valence-corrected chi connectivity index (χ3v) is 5.57. The fraction of sp³-hybridized carbons (Fsp3) is 0.154. The van der Waals surface area contributed by atoms with Crippen molar-refractivity contribution >= 4 is 17.4 Å². The second kappa shape index (κ2) is 8.98. The number of hydrogen-bond donors (Lipinski definition) is 1. The summed E-state index contributed by atoms with van der Waals surface area (Å²) < 4.78 is 10.2. The molecule has 1 atom stereocenters. The number of ether oxygens (including phenoxy) is 2. The van der Waals surface area contributed by atoms with E-state index in [0.29, 0.717) is 16.9 Å². The van der Waals surface area contributed by atoms with E-state index >= 15 is 0 Å². The summed E-state index contributed by atoms with van der Waals surface area (Å²) in [6.07, 6.45) is 0. The molecular formula is C26H23NO5. The molecule has 6 heteroatoms. The van der Waals surface area contributed by atoms with Crippen molar-refractivity contribution in [3.63, 3.8) is 0 Å². The zero-order valence-corrected chi connectivity index (χ0v) is 17.8. The summed E-state index contributed by atoms with van der Waals surface area (Å²) in [5, 5.41) is 10.9. The van der Waals surface area contributed by atoms with E-state index in [-0.39, 0.29) is 12.3 Å². The van der Waals surface area contributed by atoms with Crippen molar-refractivity contribution in [3.05, 3.63) is 107 Å². The van der Waals surface area contributed by atoms with Crippen LogP contribution in [0, 0.1) is 0 Å². The van der Waals surface area contributed by atoms with E-state index in [0.717, 1.165) is 16.7 Å². The Morgan fingerprint density at radius 1 is 0.938 bits per heavy atom. The van der Waals surface area contributed by atoms with Crippen LogP contribution in [0.5, 0.6) is 5.75 Å². The van der Waals surface area contributed by atoms with Crippen LogP contribution in [0.15, 0.2) is 84.6 Å². The zero-order chi connectivity index (χ0) is 22.7. The highest BCUT2D eigenvalue weighted by Gasteiger charge is 2.41. The van der Waals surface area contributed by atoms with E-state index in [4.69, 9.17) is 9.47 Å². The van der Waals surface area contributed by atoms with Gasteiger partial charge in [-0.15, -0.1) is 0 Å². The molecule has 0 aromatic heterocycles. The Morgan fingerprint density at radius 3 is 2.25 bits per heavy atom. The first-order valence-corrected chi connectivity index (χ1v) is 10.1.